The molecule has 3 aromatic rings. The van der Waals surface area contributed by atoms with Crippen LogP contribution >= 0.6 is 23.6 Å². The lowest BCUT2D eigenvalue weighted by molar-refractivity contribution is 0.378. The number of hydrazone groups is 1. The summed E-state index contributed by atoms with van der Waals surface area (Å²) < 4.78 is 0. The van der Waals surface area contributed by atoms with Gasteiger partial charge in [0.2, 0.25) is 0 Å². The van der Waals surface area contributed by atoms with Gasteiger partial charge in [-0.25, -0.2) is 5.01 Å². The van der Waals surface area contributed by atoms with Crippen molar-refractivity contribution in [3.05, 3.63) is 70.4 Å². The van der Waals surface area contributed by atoms with Crippen LogP contribution in [0.5, 0.6) is 0 Å². The Morgan fingerprint density at radius 1 is 1.13 bits per heavy atom. The van der Waals surface area contributed by atoms with Gasteiger partial charge < -0.3 is 5.73 Å². The normalized spacial score (nSPS) is 17.5. The molecule has 5 heteroatoms. The molecular weight excluding hydrogens is 322 g/mol. The van der Waals surface area contributed by atoms with Crippen LogP contribution < -0.4 is 5.73 Å². The first kappa shape index (κ1) is 14.4. The molecule has 1 aliphatic heterocycles. The van der Waals surface area contributed by atoms with Gasteiger partial charge in [0.15, 0.2) is 5.11 Å². The van der Waals surface area contributed by atoms with E-state index in [0.717, 1.165) is 17.7 Å². The van der Waals surface area contributed by atoms with E-state index >= 15 is 0 Å². The summed E-state index contributed by atoms with van der Waals surface area (Å²) in [5, 5.41) is 11.3. The second-order valence-electron chi connectivity index (χ2n) is 5.49. The number of nitrogens with zero attached hydrogens (tertiary/aromatic N) is 2. The second kappa shape index (κ2) is 5.76. The Hall–Kier alpha value is -2.24. The van der Waals surface area contributed by atoms with Gasteiger partial charge in [-0.1, -0.05) is 48.5 Å². The highest BCUT2D eigenvalue weighted by Crippen LogP contribution is 2.36. The van der Waals surface area contributed by atoms with Crippen LogP contribution in [-0.2, 0) is 0 Å². The van der Waals surface area contributed by atoms with Crippen LogP contribution in [0.1, 0.15) is 22.9 Å². The molecule has 3 nitrogen and oxygen atoms in total. The first-order valence-corrected chi connectivity index (χ1v) is 8.70. The van der Waals surface area contributed by atoms with Crippen molar-refractivity contribution >= 4 is 45.2 Å². The summed E-state index contributed by atoms with van der Waals surface area (Å²) in [5.74, 6) is 0. The molecule has 1 aliphatic rings. The summed E-state index contributed by atoms with van der Waals surface area (Å²) in [5.41, 5.74) is 8.09. The molecule has 0 amide bonds. The van der Waals surface area contributed by atoms with Crippen LogP contribution in [0, 0.1) is 0 Å². The van der Waals surface area contributed by atoms with E-state index in [-0.39, 0.29) is 6.04 Å². The topological polar surface area (TPSA) is 41.6 Å². The maximum atomic E-state index is 5.90. The minimum atomic E-state index is 0.0986. The second-order valence-corrected chi connectivity index (χ2v) is 6.89. The molecule has 2 N–H and O–H groups in total. The Morgan fingerprint density at radius 2 is 1.96 bits per heavy atom. The molecule has 0 aliphatic carbocycles. The molecule has 0 saturated carbocycles. The molecule has 1 unspecified atom stereocenters. The van der Waals surface area contributed by atoms with E-state index in [2.05, 4.69) is 53.9 Å². The lowest BCUT2D eigenvalue weighted by atomic mass is 9.97. The number of thiophene rings is 1. The van der Waals surface area contributed by atoms with Crippen molar-refractivity contribution < 1.29 is 0 Å². The van der Waals surface area contributed by atoms with Crippen molar-refractivity contribution in [3.8, 4) is 0 Å². The molecule has 1 aromatic heterocycles. The minimum Gasteiger partial charge on any atom is -0.375 e. The summed E-state index contributed by atoms with van der Waals surface area (Å²) in [6.45, 7) is 0. The van der Waals surface area contributed by atoms with Crippen LogP contribution in [0.2, 0.25) is 0 Å². The van der Waals surface area contributed by atoms with Gasteiger partial charge in [-0.15, -0.1) is 11.3 Å². The van der Waals surface area contributed by atoms with Gasteiger partial charge in [0.25, 0.3) is 0 Å². The van der Waals surface area contributed by atoms with Crippen molar-refractivity contribution in [2.24, 2.45) is 10.8 Å². The number of hydrogen-bond donors (Lipinski definition) is 1. The van der Waals surface area contributed by atoms with Crippen LogP contribution in [0.4, 0.5) is 0 Å². The zero-order chi connectivity index (χ0) is 15.8. The number of nitrogens with two attached hydrogens (primary N) is 1. The maximum absolute atomic E-state index is 5.90. The fourth-order valence-electron chi connectivity index (χ4n) is 3.06. The third-order valence-corrected chi connectivity index (χ3v) is 5.27. The van der Waals surface area contributed by atoms with E-state index in [4.69, 9.17) is 23.1 Å². The van der Waals surface area contributed by atoms with E-state index in [1.54, 1.807) is 16.3 Å². The van der Waals surface area contributed by atoms with Crippen molar-refractivity contribution in [2.45, 2.75) is 12.5 Å². The van der Waals surface area contributed by atoms with E-state index < -0.39 is 0 Å². The number of thiocarbonyl (C=S) groups is 1. The molecule has 0 bridgehead atoms. The number of fused-ring (bicyclic) bond motifs is 1. The van der Waals surface area contributed by atoms with Gasteiger partial charge in [0.05, 0.1) is 11.8 Å². The van der Waals surface area contributed by atoms with E-state index in [0.29, 0.717) is 5.11 Å². The average Bonchev–Trinajstić information content (AvgIpc) is 3.23. The molecule has 2 heterocycles. The average molecular weight is 337 g/mol. The summed E-state index contributed by atoms with van der Waals surface area (Å²) in [6, 6.07) is 18.9. The van der Waals surface area contributed by atoms with Crippen LogP contribution in [0.3, 0.4) is 0 Å². The van der Waals surface area contributed by atoms with E-state index in [9.17, 15) is 0 Å². The highest BCUT2D eigenvalue weighted by molar-refractivity contribution is 7.80. The zero-order valence-corrected chi connectivity index (χ0v) is 14.0. The van der Waals surface area contributed by atoms with Gasteiger partial charge in [0.1, 0.15) is 0 Å². The molecule has 2 aromatic carbocycles. The van der Waals surface area contributed by atoms with E-state index in [1.165, 1.54) is 15.6 Å². The van der Waals surface area contributed by atoms with Crippen molar-refractivity contribution in [1.82, 2.24) is 5.01 Å². The Labute approximate surface area is 144 Å². The van der Waals surface area contributed by atoms with Gasteiger partial charge in [-0.3, -0.25) is 0 Å². The molecule has 1 atom stereocenters. The molecule has 114 valence electrons. The third-order valence-electron chi connectivity index (χ3n) is 4.11. The molecule has 0 spiro atoms. The van der Waals surface area contributed by atoms with Crippen molar-refractivity contribution in [2.75, 3.05) is 0 Å². The Morgan fingerprint density at radius 3 is 2.74 bits per heavy atom. The lowest BCUT2D eigenvalue weighted by Gasteiger charge is -2.20. The van der Waals surface area contributed by atoms with Gasteiger partial charge in [-0.2, -0.15) is 5.10 Å². The Balaban J connectivity index is 1.80. The molecule has 0 saturated heterocycles. The lowest BCUT2D eigenvalue weighted by Crippen LogP contribution is -2.31. The molecule has 0 radical (unpaired) electrons. The zero-order valence-electron chi connectivity index (χ0n) is 12.3. The highest BCUT2D eigenvalue weighted by atomic mass is 32.1. The van der Waals surface area contributed by atoms with Gasteiger partial charge in [0, 0.05) is 16.9 Å². The molecule has 4 rings (SSSR count). The number of rotatable bonds is 2. The van der Waals surface area contributed by atoms with Crippen LogP contribution in [0.25, 0.3) is 10.8 Å². The highest BCUT2D eigenvalue weighted by Gasteiger charge is 2.31. The third kappa shape index (κ3) is 2.52. The van der Waals surface area contributed by atoms with Gasteiger partial charge in [-0.05, 0) is 34.4 Å². The minimum absolute atomic E-state index is 0.0986. The largest absolute Gasteiger partial charge is 0.375 e. The SMILES string of the molecule is NC(=S)N1N=C(c2cccc3ccccc23)CC1c1cccs1. The van der Waals surface area contributed by atoms with Crippen LogP contribution in [-0.4, -0.2) is 15.8 Å². The number of hydrogen-bond acceptors (Lipinski definition) is 3. The predicted molar refractivity (Wildman–Crippen MR) is 101 cm³/mol. The Kier molecular flexibility index (Phi) is 3.59. The fraction of sp³-hybridized carbons (Fsp3) is 0.111. The smallest absolute Gasteiger partial charge is 0.187 e. The van der Waals surface area contributed by atoms with Crippen LogP contribution in [0.15, 0.2) is 65.1 Å². The van der Waals surface area contributed by atoms with Crippen molar-refractivity contribution in [1.29, 1.82) is 0 Å². The monoisotopic (exact) mass is 337 g/mol. The van der Waals surface area contributed by atoms with Crippen molar-refractivity contribution in [3.63, 3.8) is 0 Å². The first-order chi connectivity index (χ1) is 11.2. The standard InChI is InChI=1S/C18H15N3S2/c19-18(22)21-16(17-9-4-10-23-17)11-15(20-21)14-8-3-6-12-5-1-2-7-13(12)14/h1-10,16H,11H2,(H2,19,22). The quantitative estimate of drug-likeness (QED) is 0.709. The summed E-state index contributed by atoms with van der Waals surface area (Å²) in [6.07, 6.45) is 0.811. The first-order valence-electron chi connectivity index (χ1n) is 7.42. The summed E-state index contributed by atoms with van der Waals surface area (Å²) >= 11 is 6.92. The predicted octanol–water partition coefficient (Wildman–Crippen LogP) is 4.30. The van der Waals surface area contributed by atoms with Gasteiger partial charge >= 0.3 is 0 Å². The molecule has 23 heavy (non-hydrogen) atoms. The fourth-order valence-corrected chi connectivity index (χ4v) is 4.04. The number of benzene rings is 2. The summed E-state index contributed by atoms with van der Waals surface area (Å²) in [4.78, 5) is 1.23. The Bertz CT molecular complexity index is 894. The van der Waals surface area contributed by atoms with E-state index in [1.807, 2.05) is 6.07 Å². The summed E-state index contributed by atoms with van der Waals surface area (Å²) in [7, 11) is 0. The molecular formula is C18H15N3S2. The molecule has 0 fully saturated rings. The maximum Gasteiger partial charge on any atom is 0.187 e.